The van der Waals surface area contributed by atoms with Gasteiger partial charge in [0.1, 0.15) is 12.2 Å². The number of hydrogen-bond donors (Lipinski definition) is 1. The molecule has 3 nitrogen and oxygen atoms in total. The van der Waals surface area contributed by atoms with Crippen molar-refractivity contribution in [3.05, 3.63) is 70.7 Å². The van der Waals surface area contributed by atoms with Gasteiger partial charge in [0.15, 0.2) is 6.29 Å². The molecule has 2 aromatic carbocycles. The first-order chi connectivity index (χ1) is 9.78. The molecular weight excluding hydrogens is 276 g/mol. The minimum absolute atomic E-state index is 0.0867. The highest BCUT2D eigenvalue weighted by Gasteiger charge is 2.37. The summed E-state index contributed by atoms with van der Waals surface area (Å²) < 4.78 is 11.7. The lowest BCUT2D eigenvalue weighted by molar-refractivity contribution is -0.0739. The summed E-state index contributed by atoms with van der Waals surface area (Å²) in [4.78, 5) is 0. The van der Waals surface area contributed by atoms with Crippen molar-refractivity contribution in [2.24, 2.45) is 0 Å². The second-order valence-electron chi connectivity index (χ2n) is 4.71. The molecule has 2 aromatic rings. The highest BCUT2D eigenvalue weighted by Crippen LogP contribution is 2.39. The average Bonchev–Trinajstić information content (AvgIpc) is 2.93. The molecule has 1 N–H and O–H groups in total. The third-order valence-corrected chi connectivity index (χ3v) is 3.61. The maximum Gasteiger partial charge on any atom is 0.185 e. The zero-order valence-electron chi connectivity index (χ0n) is 10.8. The van der Waals surface area contributed by atoms with Gasteiger partial charge in [-0.05, 0) is 17.7 Å². The zero-order valence-corrected chi connectivity index (χ0v) is 11.5. The van der Waals surface area contributed by atoms with Gasteiger partial charge >= 0.3 is 0 Å². The number of hydrogen-bond acceptors (Lipinski definition) is 3. The topological polar surface area (TPSA) is 38.7 Å². The van der Waals surface area contributed by atoms with Crippen LogP contribution in [0.25, 0.3) is 0 Å². The van der Waals surface area contributed by atoms with E-state index in [1.807, 2.05) is 54.6 Å². The molecular formula is C16H15ClO3. The number of ether oxygens (including phenoxy) is 2. The van der Waals surface area contributed by atoms with Gasteiger partial charge in [0, 0.05) is 10.6 Å². The van der Waals surface area contributed by atoms with Crippen LogP contribution in [0.15, 0.2) is 54.6 Å². The second-order valence-corrected chi connectivity index (χ2v) is 5.14. The number of benzene rings is 2. The lowest BCUT2D eigenvalue weighted by atomic mass is 10.1. The standard InChI is InChI=1S/C16H15ClO3/c17-13-8-6-11(7-9-13)15-14(10-18)19-16(20-15)12-4-2-1-3-5-12/h1-9,14-16,18H,10H2/t14-,15-,16?/m1/s1. The molecule has 4 heteroatoms. The Bertz CT molecular complexity index is 556. The Hall–Kier alpha value is -1.39. The molecule has 3 atom stereocenters. The monoisotopic (exact) mass is 290 g/mol. The van der Waals surface area contributed by atoms with E-state index in [4.69, 9.17) is 21.1 Å². The van der Waals surface area contributed by atoms with Crippen molar-refractivity contribution < 1.29 is 14.6 Å². The van der Waals surface area contributed by atoms with Gasteiger partial charge in [0.25, 0.3) is 0 Å². The Morgan fingerprint density at radius 2 is 1.60 bits per heavy atom. The molecule has 20 heavy (non-hydrogen) atoms. The molecule has 0 saturated carbocycles. The maximum atomic E-state index is 9.49. The number of aliphatic hydroxyl groups excluding tert-OH is 1. The van der Waals surface area contributed by atoms with Gasteiger partial charge in [-0.1, -0.05) is 54.1 Å². The fourth-order valence-electron chi connectivity index (χ4n) is 2.33. The largest absolute Gasteiger partial charge is 0.394 e. The predicted octanol–water partition coefficient (Wildman–Crippen LogP) is 3.49. The number of rotatable bonds is 3. The molecule has 1 fully saturated rings. The molecule has 1 heterocycles. The van der Waals surface area contributed by atoms with Crippen molar-refractivity contribution in [1.82, 2.24) is 0 Å². The van der Waals surface area contributed by atoms with Crippen LogP contribution in [-0.4, -0.2) is 17.8 Å². The van der Waals surface area contributed by atoms with Gasteiger partial charge in [0.05, 0.1) is 6.61 Å². The van der Waals surface area contributed by atoms with E-state index in [-0.39, 0.29) is 18.8 Å². The molecule has 1 aliphatic rings. The average molecular weight is 291 g/mol. The Morgan fingerprint density at radius 3 is 2.25 bits per heavy atom. The Labute approximate surface area is 122 Å². The third kappa shape index (κ3) is 2.72. The zero-order chi connectivity index (χ0) is 13.9. The smallest absolute Gasteiger partial charge is 0.185 e. The molecule has 0 aliphatic carbocycles. The number of halogens is 1. The first kappa shape index (κ1) is 13.6. The van der Waals surface area contributed by atoms with Gasteiger partial charge in [-0.3, -0.25) is 0 Å². The van der Waals surface area contributed by atoms with Crippen LogP contribution in [0.2, 0.25) is 5.02 Å². The fraction of sp³-hybridized carbons (Fsp3) is 0.250. The lowest BCUT2D eigenvalue weighted by Gasteiger charge is -2.14. The summed E-state index contributed by atoms with van der Waals surface area (Å²) >= 11 is 5.89. The van der Waals surface area contributed by atoms with E-state index >= 15 is 0 Å². The summed E-state index contributed by atoms with van der Waals surface area (Å²) in [6.45, 7) is -0.0867. The summed E-state index contributed by atoms with van der Waals surface area (Å²) in [5.41, 5.74) is 1.90. The Kier molecular flexibility index (Phi) is 4.03. The SMILES string of the molecule is OC[C@H]1OC(c2ccccc2)O[C@@H]1c1ccc(Cl)cc1. The van der Waals surface area contributed by atoms with E-state index in [1.165, 1.54) is 0 Å². The van der Waals surface area contributed by atoms with Crippen LogP contribution in [0.3, 0.4) is 0 Å². The Morgan fingerprint density at radius 1 is 0.900 bits per heavy atom. The van der Waals surface area contributed by atoms with Gasteiger partial charge in [-0.15, -0.1) is 0 Å². The van der Waals surface area contributed by atoms with Crippen molar-refractivity contribution in [2.75, 3.05) is 6.61 Å². The normalized spacial score (nSPS) is 25.8. The molecule has 0 bridgehead atoms. The Balaban J connectivity index is 1.83. The van der Waals surface area contributed by atoms with Gasteiger partial charge in [0.2, 0.25) is 0 Å². The third-order valence-electron chi connectivity index (χ3n) is 3.36. The lowest BCUT2D eigenvalue weighted by Crippen LogP contribution is -2.19. The van der Waals surface area contributed by atoms with Crippen molar-refractivity contribution in [2.45, 2.75) is 18.5 Å². The molecule has 0 amide bonds. The highest BCUT2D eigenvalue weighted by atomic mass is 35.5. The van der Waals surface area contributed by atoms with Crippen LogP contribution in [0.1, 0.15) is 23.5 Å². The first-order valence-corrected chi connectivity index (χ1v) is 6.88. The van der Waals surface area contributed by atoms with Crippen LogP contribution in [-0.2, 0) is 9.47 Å². The second kappa shape index (κ2) is 5.94. The molecule has 1 unspecified atom stereocenters. The van der Waals surface area contributed by atoms with Crippen LogP contribution >= 0.6 is 11.6 Å². The van der Waals surface area contributed by atoms with E-state index in [0.29, 0.717) is 5.02 Å². The molecule has 3 rings (SSSR count). The minimum Gasteiger partial charge on any atom is -0.394 e. The highest BCUT2D eigenvalue weighted by molar-refractivity contribution is 6.30. The molecule has 0 radical (unpaired) electrons. The molecule has 1 aliphatic heterocycles. The van der Waals surface area contributed by atoms with Gasteiger partial charge < -0.3 is 14.6 Å². The number of aliphatic hydroxyl groups is 1. The summed E-state index contributed by atoms with van der Waals surface area (Å²) in [5.74, 6) is 0. The van der Waals surface area contributed by atoms with Crippen molar-refractivity contribution >= 4 is 11.6 Å². The van der Waals surface area contributed by atoms with E-state index < -0.39 is 6.29 Å². The summed E-state index contributed by atoms with van der Waals surface area (Å²) in [6, 6.07) is 17.1. The van der Waals surface area contributed by atoms with Crippen molar-refractivity contribution in [3.8, 4) is 0 Å². The van der Waals surface area contributed by atoms with Crippen LogP contribution in [0, 0.1) is 0 Å². The first-order valence-electron chi connectivity index (χ1n) is 6.50. The van der Waals surface area contributed by atoms with Crippen LogP contribution in [0.5, 0.6) is 0 Å². The van der Waals surface area contributed by atoms with E-state index in [0.717, 1.165) is 11.1 Å². The molecule has 0 spiro atoms. The summed E-state index contributed by atoms with van der Waals surface area (Å²) in [5, 5.41) is 10.2. The van der Waals surface area contributed by atoms with E-state index in [2.05, 4.69) is 0 Å². The maximum absolute atomic E-state index is 9.49. The molecule has 1 saturated heterocycles. The van der Waals surface area contributed by atoms with Crippen molar-refractivity contribution in [1.29, 1.82) is 0 Å². The fourth-order valence-corrected chi connectivity index (χ4v) is 2.46. The predicted molar refractivity (Wildman–Crippen MR) is 76.4 cm³/mol. The quantitative estimate of drug-likeness (QED) is 0.940. The van der Waals surface area contributed by atoms with Crippen molar-refractivity contribution in [3.63, 3.8) is 0 Å². The van der Waals surface area contributed by atoms with E-state index in [9.17, 15) is 5.11 Å². The van der Waals surface area contributed by atoms with Crippen LogP contribution in [0.4, 0.5) is 0 Å². The minimum atomic E-state index is -0.450. The molecule has 0 aromatic heterocycles. The van der Waals surface area contributed by atoms with Gasteiger partial charge in [-0.25, -0.2) is 0 Å². The van der Waals surface area contributed by atoms with Gasteiger partial charge in [-0.2, -0.15) is 0 Å². The summed E-state index contributed by atoms with van der Waals surface area (Å²) in [7, 11) is 0. The molecule has 104 valence electrons. The van der Waals surface area contributed by atoms with E-state index in [1.54, 1.807) is 0 Å². The summed E-state index contributed by atoms with van der Waals surface area (Å²) in [6.07, 6.45) is -1.11. The van der Waals surface area contributed by atoms with Crippen LogP contribution < -0.4 is 0 Å².